The Morgan fingerprint density at radius 3 is 2.76 bits per heavy atom. The number of aromatic nitrogens is 5. The van der Waals surface area contributed by atoms with Crippen LogP contribution in [0, 0.1) is 0 Å². The summed E-state index contributed by atoms with van der Waals surface area (Å²) in [4.78, 5) is 43.4. The molecule has 1 fully saturated rings. The van der Waals surface area contributed by atoms with E-state index in [4.69, 9.17) is 9.98 Å². The van der Waals surface area contributed by atoms with E-state index in [1.165, 1.54) is 11.8 Å². The Morgan fingerprint density at radius 1 is 1.32 bits per heavy atom. The van der Waals surface area contributed by atoms with Gasteiger partial charge in [-0.15, -0.1) is 11.8 Å². The van der Waals surface area contributed by atoms with Gasteiger partial charge in [0, 0.05) is 29.8 Å². The van der Waals surface area contributed by atoms with E-state index in [1.54, 1.807) is 27.8 Å². The predicted octanol–water partition coefficient (Wildman–Crippen LogP) is 0.732. The monoisotopic (exact) mass is 524 g/mol. The van der Waals surface area contributed by atoms with Gasteiger partial charge in [0.25, 0.3) is 0 Å². The topological polar surface area (TPSA) is 135 Å². The highest BCUT2D eigenvalue weighted by Gasteiger charge is 2.21. The normalized spacial score (nSPS) is 15.2. The molecule has 12 heteroatoms. The quantitative estimate of drug-likeness (QED) is 0.315. The van der Waals surface area contributed by atoms with E-state index in [-0.39, 0.29) is 29.3 Å². The number of hydrogen-bond acceptors (Lipinski definition) is 8. The fraction of sp³-hybridized carbons (Fsp3) is 0.400. The van der Waals surface area contributed by atoms with Crippen molar-refractivity contribution in [2.75, 3.05) is 40.0 Å². The number of aromatic hydroxyl groups is 1. The molecule has 1 saturated carbocycles. The van der Waals surface area contributed by atoms with Gasteiger partial charge in [-0.25, -0.2) is 9.78 Å². The second-order valence-corrected chi connectivity index (χ2v) is 10.2. The van der Waals surface area contributed by atoms with Gasteiger partial charge in [-0.3, -0.25) is 14.8 Å². The zero-order valence-corrected chi connectivity index (χ0v) is 22.1. The molecule has 3 aromatic heterocycles. The van der Waals surface area contributed by atoms with Crippen LogP contribution in [0.25, 0.3) is 16.6 Å². The molecule has 4 rings (SSSR count). The SMILES string of the molecule is C=C/C=C(\SCC(=O)N(C)CCCN(C)C)c1cc(=NC2CC2)n2ncc(=Cc3[nH]c(=O)[nH]c3O)c2n1. The summed E-state index contributed by atoms with van der Waals surface area (Å²) in [6, 6.07) is 2.11. The molecule has 196 valence electrons. The van der Waals surface area contributed by atoms with Gasteiger partial charge in [0.15, 0.2) is 11.1 Å². The minimum atomic E-state index is -0.512. The number of carbonyl (C=O) groups excluding carboxylic acids is 1. The molecule has 0 unspecified atom stereocenters. The Hall–Kier alpha value is -3.64. The van der Waals surface area contributed by atoms with Crippen LogP contribution in [-0.4, -0.2) is 91.4 Å². The Kier molecular flexibility index (Phi) is 8.29. The standard InChI is InChI=1S/C25H32N8O3S/c1-5-7-20(37-15-22(34)32(4)11-6-10-31(2)3)18-13-21(27-17-8-9-17)33-23(28-18)16(14-26-33)12-19-24(35)30-25(36)29-19/h5,7,12-14,17,35H,1,6,8-11,15H2,2-4H3,(H2,29,30,36)/b16-12?,20-7-,27-21?. The zero-order chi connectivity index (χ0) is 26.5. The number of aromatic amines is 2. The van der Waals surface area contributed by atoms with Crippen molar-refractivity contribution in [1.29, 1.82) is 0 Å². The van der Waals surface area contributed by atoms with Gasteiger partial charge in [-0.05, 0) is 52.1 Å². The molecular weight excluding hydrogens is 492 g/mol. The molecule has 0 atom stereocenters. The van der Waals surface area contributed by atoms with Gasteiger partial charge in [0.05, 0.1) is 23.7 Å². The summed E-state index contributed by atoms with van der Waals surface area (Å²) in [7, 11) is 5.85. The van der Waals surface area contributed by atoms with Crippen LogP contribution in [0.4, 0.5) is 0 Å². The minimum absolute atomic E-state index is 0.0351. The molecule has 11 nitrogen and oxygen atoms in total. The number of allylic oxidation sites excluding steroid dienone is 2. The Labute approximate surface area is 218 Å². The van der Waals surface area contributed by atoms with Crippen LogP contribution in [-0.2, 0) is 4.79 Å². The first-order valence-electron chi connectivity index (χ1n) is 12.1. The second kappa shape index (κ2) is 11.6. The van der Waals surface area contributed by atoms with Crippen LogP contribution in [0.2, 0.25) is 0 Å². The number of amides is 1. The minimum Gasteiger partial charge on any atom is -0.493 e. The van der Waals surface area contributed by atoms with E-state index in [0.717, 1.165) is 30.7 Å². The number of thioether (sulfide) groups is 1. The van der Waals surface area contributed by atoms with E-state index in [2.05, 4.69) is 26.5 Å². The highest BCUT2D eigenvalue weighted by Crippen LogP contribution is 2.27. The number of nitrogens with one attached hydrogen (secondary N) is 2. The second-order valence-electron chi connectivity index (χ2n) is 9.21. The lowest BCUT2D eigenvalue weighted by atomic mass is 10.3. The Balaban J connectivity index is 1.67. The van der Waals surface area contributed by atoms with Crippen LogP contribution in [0.5, 0.6) is 5.88 Å². The summed E-state index contributed by atoms with van der Waals surface area (Å²) in [5.74, 6) is 0.0314. The number of imidazole rings is 1. The van der Waals surface area contributed by atoms with Crippen molar-refractivity contribution in [3.63, 3.8) is 0 Å². The van der Waals surface area contributed by atoms with Crippen molar-refractivity contribution in [2.45, 2.75) is 25.3 Å². The van der Waals surface area contributed by atoms with E-state index in [0.29, 0.717) is 28.6 Å². The fourth-order valence-corrected chi connectivity index (χ4v) is 4.58. The van der Waals surface area contributed by atoms with Gasteiger partial charge >= 0.3 is 5.69 Å². The molecule has 0 aromatic carbocycles. The lowest BCUT2D eigenvalue weighted by Crippen LogP contribution is -2.31. The molecule has 1 aliphatic rings. The fourth-order valence-electron chi connectivity index (χ4n) is 3.64. The smallest absolute Gasteiger partial charge is 0.326 e. The van der Waals surface area contributed by atoms with Gasteiger partial charge < -0.3 is 19.9 Å². The molecule has 1 aliphatic carbocycles. The summed E-state index contributed by atoms with van der Waals surface area (Å²) in [6.07, 6.45) is 9.67. The van der Waals surface area contributed by atoms with E-state index < -0.39 is 5.69 Å². The third-order valence-electron chi connectivity index (χ3n) is 5.77. The third kappa shape index (κ3) is 6.77. The van der Waals surface area contributed by atoms with Gasteiger partial charge in [0.1, 0.15) is 5.69 Å². The molecule has 0 saturated heterocycles. The van der Waals surface area contributed by atoms with E-state index in [1.807, 2.05) is 33.3 Å². The van der Waals surface area contributed by atoms with E-state index >= 15 is 0 Å². The molecular formula is C25H32N8O3S. The summed E-state index contributed by atoms with van der Waals surface area (Å²) in [5, 5.41) is 15.0. The molecule has 0 spiro atoms. The Morgan fingerprint density at radius 2 is 2.11 bits per heavy atom. The summed E-state index contributed by atoms with van der Waals surface area (Å²) < 4.78 is 1.65. The van der Waals surface area contributed by atoms with Gasteiger partial charge in [-0.1, -0.05) is 12.7 Å². The van der Waals surface area contributed by atoms with Crippen molar-refractivity contribution in [3.05, 3.63) is 63.6 Å². The number of H-pyrrole nitrogens is 2. The Bertz CT molecular complexity index is 1500. The molecule has 1 amide bonds. The summed E-state index contributed by atoms with van der Waals surface area (Å²) in [6.45, 7) is 5.44. The maximum absolute atomic E-state index is 12.8. The number of fused-ring (bicyclic) bond motifs is 1. The van der Waals surface area contributed by atoms with Gasteiger partial charge in [-0.2, -0.15) is 9.61 Å². The average molecular weight is 525 g/mol. The molecule has 0 aliphatic heterocycles. The lowest BCUT2D eigenvalue weighted by molar-refractivity contribution is -0.127. The highest BCUT2D eigenvalue weighted by molar-refractivity contribution is 8.08. The van der Waals surface area contributed by atoms with Crippen molar-refractivity contribution < 1.29 is 9.90 Å². The van der Waals surface area contributed by atoms with Crippen LogP contribution < -0.4 is 16.4 Å². The zero-order valence-electron chi connectivity index (χ0n) is 21.3. The average Bonchev–Trinajstić information content (AvgIpc) is 3.49. The van der Waals surface area contributed by atoms with Crippen LogP contribution in [0.1, 0.15) is 30.7 Å². The number of rotatable bonds is 11. The number of carbonyl (C=O) groups is 1. The highest BCUT2D eigenvalue weighted by atomic mass is 32.2. The maximum atomic E-state index is 12.8. The molecule has 3 N–H and O–H groups in total. The number of nitrogens with zero attached hydrogens (tertiary/aromatic N) is 6. The first kappa shape index (κ1) is 26.4. The first-order valence-corrected chi connectivity index (χ1v) is 13.0. The van der Waals surface area contributed by atoms with Crippen molar-refractivity contribution in [2.24, 2.45) is 4.99 Å². The molecule has 3 heterocycles. The summed E-state index contributed by atoms with van der Waals surface area (Å²) >= 11 is 1.40. The summed E-state index contributed by atoms with van der Waals surface area (Å²) in [5.41, 5.74) is 1.52. The molecule has 3 aromatic rings. The molecule has 0 bridgehead atoms. The van der Waals surface area contributed by atoms with Gasteiger partial charge in [0.2, 0.25) is 11.8 Å². The van der Waals surface area contributed by atoms with Crippen LogP contribution >= 0.6 is 11.8 Å². The first-order chi connectivity index (χ1) is 17.7. The molecule has 37 heavy (non-hydrogen) atoms. The lowest BCUT2D eigenvalue weighted by Gasteiger charge is -2.18. The maximum Gasteiger partial charge on any atom is 0.326 e. The van der Waals surface area contributed by atoms with Crippen LogP contribution in [0.15, 0.2) is 40.8 Å². The predicted molar refractivity (Wildman–Crippen MR) is 145 cm³/mol. The third-order valence-corrected chi connectivity index (χ3v) is 6.82. The number of hydrogen-bond donors (Lipinski definition) is 3. The van der Waals surface area contributed by atoms with Crippen molar-refractivity contribution >= 4 is 34.3 Å². The van der Waals surface area contributed by atoms with E-state index in [9.17, 15) is 14.7 Å². The van der Waals surface area contributed by atoms with Crippen LogP contribution in [0.3, 0.4) is 0 Å². The largest absolute Gasteiger partial charge is 0.493 e. The van der Waals surface area contributed by atoms with Crippen molar-refractivity contribution in [1.82, 2.24) is 34.4 Å². The molecule has 0 radical (unpaired) electrons. The van der Waals surface area contributed by atoms with Crippen molar-refractivity contribution in [3.8, 4) is 5.88 Å².